The van der Waals surface area contributed by atoms with Crippen molar-refractivity contribution in [2.75, 3.05) is 0 Å². The third-order valence-electron chi connectivity index (χ3n) is 9.02. The lowest BCUT2D eigenvalue weighted by molar-refractivity contribution is 0.376. The molecular weight excluding hydrogens is 785 g/mol. The lowest BCUT2D eigenvalue weighted by atomic mass is 9.98. The predicted molar refractivity (Wildman–Crippen MR) is 166 cm³/mol. The summed E-state index contributed by atoms with van der Waals surface area (Å²) in [5.74, 6) is -36.6. The molecule has 0 spiro atoms. The highest BCUT2D eigenvalue weighted by molar-refractivity contribution is 6.31. The molecular formula is C37H11F15N4. The lowest BCUT2D eigenvalue weighted by Crippen LogP contribution is -2.24. The fourth-order valence-electron chi connectivity index (χ4n) is 6.47. The van der Waals surface area contributed by atoms with Gasteiger partial charge in [-0.3, -0.25) is 4.99 Å². The average Bonchev–Trinajstić information content (AvgIpc) is 4.03. The van der Waals surface area contributed by atoms with Crippen molar-refractivity contribution >= 4 is 28.1 Å². The number of nitrogens with zero attached hydrogens (tertiary/aromatic N) is 2. The molecule has 1 atom stereocenters. The summed E-state index contributed by atoms with van der Waals surface area (Å²) in [5.41, 5.74) is -10.2. The summed E-state index contributed by atoms with van der Waals surface area (Å²) in [6.45, 7) is 0. The van der Waals surface area contributed by atoms with Crippen molar-refractivity contribution in [2.24, 2.45) is 9.98 Å². The molecule has 0 saturated heterocycles. The lowest BCUT2D eigenvalue weighted by Gasteiger charge is -2.14. The number of allylic oxidation sites excluding steroid dienone is 3. The van der Waals surface area contributed by atoms with E-state index in [1.54, 1.807) is 0 Å². The number of fused-ring (bicyclic) bond motifs is 7. The van der Waals surface area contributed by atoms with Gasteiger partial charge in [-0.2, -0.15) is 0 Å². The number of hydrogen-bond donors (Lipinski definition) is 2. The number of benzene rings is 3. The molecule has 0 fully saturated rings. The van der Waals surface area contributed by atoms with Crippen molar-refractivity contribution in [2.45, 2.75) is 6.04 Å². The molecule has 8 rings (SSSR count). The van der Waals surface area contributed by atoms with Gasteiger partial charge in [0.05, 0.1) is 33.8 Å². The number of halogens is 15. The van der Waals surface area contributed by atoms with Gasteiger partial charge in [-0.25, -0.2) is 70.8 Å². The van der Waals surface area contributed by atoms with Crippen LogP contribution in [0.3, 0.4) is 0 Å². The summed E-state index contributed by atoms with van der Waals surface area (Å²) in [5, 5.41) is -1.31. The summed E-state index contributed by atoms with van der Waals surface area (Å²) in [6.07, 6.45) is 3.88. The molecule has 2 N–H and O–H groups in total. The van der Waals surface area contributed by atoms with E-state index >= 15 is 26.3 Å². The first-order valence-electron chi connectivity index (χ1n) is 15.5. The fourth-order valence-corrected chi connectivity index (χ4v) is 6.47. The Hall–Kier alpha value is -6.53. The van der Waals surface area contributed by atoms with E-state index in [2.05, 4.69) is 20.0 Å². The minimum atomic E-state index is -2.60. The first-order chi connectivity index (χ1) is 26.5. The maximum absolute atomic E-state index is 15.6. The molecule has 3 aromatic carbocycles. The highest BCUT2D eigenvalue weighted by Gasteiger charge is 2.35. The highest BCUT2D eigenvalue weighted by Crippen LogP contribution is 2.39. The van der Waals surface area contributed by atoms with Crippen LogP contribution in [0.5, 0.6) is 0 Å². The largest absolute Gasteiger partial charge is 0.356 e. The molecule has 3 aliphatic rings. The second-order valence-electron chi connectivity index (χ2n) is 12.1. The van der Waals surface area contributed by atoms with Crippen molar-refractivity contribution in [1.29, 1.82) is 0 Å². The molecule has 56 heavy (non-hydrogen) atoms. The number of H-pyrrole nitrogens is 2. The highest BCUT2D eigenvalue weighted by atomic mass is 19.2. The number of aromatic nitrogens is 2. The van der Waals surface area contributed by atoms with Crippen LogP contribution >= 0.6 is 0 Å². The van der Waals surface area contributed by atoms with Crippen molar-refractivity contribution in [1.82, 2.24) is 9.97 Å². The van der Waals surface area contributed by atoms with Gasteiger partial charge in [-0.15, -0.1) is 0 Å². The van der Waals surface area contributed by atoms with E-state index in [1.165, 1.54) is 12.1 Å². The molecule has 2 aromatic heterocycles. The minimum absolute atomic E-state index is 0.0492. The Bertz CT molecular complexity index is 2840. The number of aromatic amines is 2. The van der Waals surface area contributed by atoms with Crippen molar-refractivity contribution in [3.8, 4) is 0 Å². The number of nitrogens with one attached hydrogen (secondary N) is 2. The number of aliphatic imine (C=N–C) groups is 2. The van der Waals surface area contributed by atoms with Crippen LogP contribution in [0.2, 0.25) is 0 Å². The molecule has 5 aromatic rings. The molecule has 0 saturated carbocycles. The zero-order valence-electron chi connectivity index (χ0n) is 26.8. The van der Waals surface area contributed by atoms with Gasteiger partial charge in [0.2, 0.25) is 17.5 Å². The molecule has 284 valence electrons. The van der Waals surface area contributed by atoms with Gasteiger partial charge in [0.15, 0.2) is 69.8 Å². The minimum Gasteiger partial charge on any atom is -0.356 e. The van der Waals surface area contributed by atoms with Gasteiger partial charge in [0.25, 0.3) is 0 Å². The zero-order chi connectivity index (χ0) is 40.2. The Balaban J connectivity index is 1.57. The molecule has 1 unspecified atom stereocenters. The van der Waals surface area contributed by atoms with Crippen LogP contribution in [0.4, 0.5) is 65.9 Å². The van der Waals surface area contributed by atoms with Crippen LogP contribution in [0.1, 0.15) is 34.1 Å². The third-order valence-corrected chi connectivity index (χ3v) is 9.02. The molecule has 3 aliphatic heterocycles. The maximum Gasteiger partial charge on any atom is 0.200 e. The summed E-state index contributed by atoms with van der Waals surface area (Å²) < 4.78 is 223. The van der Waals surface area contributed by atoms with Gasteiger partial charge in [-0.05, 0) is 42.5 Å². The van der Waals surface area contributed by atoms with Gasteiger partial charge in [-0.1, -0.05) is 6.08 Å². The Morgan fingerprint density at radius 3 is 1.27 bits per heavy atom. The molecule has 5 heterocycles. The maximum atomic E-state index is 15.6. The van der Waals surface area contributed by atoms with E-state index in [0.29, 0.717) is 0 Å². The molecule has 8 bridgehead atoms. The second kappa shape index (κ2) is 12.8. The van der Waals surface area contributed by atoms with E-state index in [9.17, 15) is 39.5 Å². The molecule has 4 nitrogen and oxygen atoms in total. The summed E-state index contributed by atoms with van der Waals surface area (Å²) in [7, 11) is 0. The topological polar surface area (TPSA) is 56.3 Å². The third kappa shape index (κ3) is 5.12. The second-order valence-corrected chi connectivity index (χ2v) is 12.1. The molecule has 19 heteroatoms. The van der Waals surface area contributed by atoms with E-state index < -0.39 is 160 Å². The summed E-state index contributed by atoms with van der Waals surface area (Å²) in [4.78, 5) is 13.4. The monoisotopic (exact) mass is 796 g/mol. The Labute approximate surface area is 300 Å². The zero-order valence-corrected chi connectivity index (χ0v) is 26.8. The Kier molecular flexibility index (Phi) is 8.31. The van der Waals surface area contributed by atoms with Gasteiger partial charge >= 0.3 is 0 Å². The molecule has 0 radical (unpaired) electrons. The van der Waals surface area contributed by atoms with Crippen LogP contribution < -0.4 is 10.7 Å². The predicted octanol–water partition coefficient (Wildman–Crippen LogP) is 8.36. The first kappa shape index (κ1) is 36.4. The van der Waals surface area contributed by atoms with Crippen LogP contribution in [0.25, 0.3) is 16.7 Å². The van der Waals surface area contributed by atoms with Crippen LogP contribution in [0, 0.1) is 87.3 Å². The van der Waals surface area contributed by atoms with Crippen LogP contribution in [-0.2, 0) is 0 Å². The smallest absolute Gasteiger partial charge is 0.200 e. The molecule has 0 aliphatic carbocycles. The number of rotatable bonds is 3. The Morgan fingerprint density at radius 2 is 0.804 bits per heavy atom. The van der Waals surface area contributed by atoms with Crippen LogP contribution in [-0.4, -0.2) is 21.4 Å². The standard InChI is InChI=1S/C37H11F15N4/c38-23-20(24(39)30(45)35(50)29(23)44)17-11-3-1-9(53-11)10-2-4-12(54-10)18(21-25(40)31(46)36(51)32(47)26(21)41)14-6-8-16(56-14)19(15-7-5-13(17)55-15)22-27(42)33(48)37(52)34(49)28(22)43/h1-9,54-55H/b17-13+,18-14+,19-15+. The normalized spacial score (nSPS) is 19.4. The summed E-state index contributed by atoms with van der Waals surface area (Å²) in [6, 6.07) is 2.66. The number of hydrogen-bond acceptors (Lipinski definition) is 2. The molecule has 0 amide bonds. The van der Waals surface area contributed by atoms with E-state index in [1.807, 2.05) is 0 Å². The van der Waals surface area contributed by atoms with E-state index in [-0.39, 0.29) is 5.69 Å². The van der Waals surface area contributed by atoms with Crippen molar-refractivity contribution in [3.63, 3.8) is 0 Å². The van der Waals surface area contributed by atoms with Gasteiger partial charge in [0.1, 0.15) is 6.04 Å². The quantitative estimate of drug-likeness (QED) is 0.105. The SMILES string of the molecule is Fc1c(F)c(F)c(/C2=C3\C=CC(=N3)/C(c3c(F)c(F)c(F)c(F)c3F)=c3/cc/c([nH]3)=C(\c3c(F)c(F)c(F)c(F)c3F)C3=NC(C=C3)c3ccc2[nH]3)c(F)c1F. The summed E-state index contributed by atoms with van der Waals surface area (Å²) >= 11 is 0. The fraction of sp³-hybridized carbons (Fsp3) is 0.0270. The Morgan fingerprint density at radius 1 is 0.393 bits per heavy atom. The first-order valence-corrected chi connectivity index (χ1v) is 15.5. The van der Waals surface area contributed by atoms with Gasteiger partial charge < -0.3 is 9.97 Å². The van der Waals surface area contributed by atoms with Crippen LogP contribution in [0.15, 0.2) is 64.3 Å². The van der Waals surface area contributed by atoms with E-state index in [4.69, 9.17) is 0 Å². The van der Waals surface area contributed by atoms with Gasteiger partial charge in [0, 0.05) is 38.8 Å². The van der Waals surface area contributed by atoms with Crippen molar-refractivity contribution in [3.05, 3.63) is 180 Å². The van der Waals surface area contributed by atoms with Crippen molar-refractivity contribution < 1.29 is 65.9 Å². The average molecular weight is 796 g/mol. The van der Waals surface area contributed by atoms with E-state index in [0.717, 1.165) is 36.4 Å².